The van der Waals surface area contributed by atoms with E-state index in [0.717, 1.165) is 24.9 Å². The molecule has 0 aliphatic carbocycles. The van der Waals surface area contributed by atoms with E-state index >= 15 is 0 Å². The monoisotopic (exact) mass is 200 g/mol. The van der Waals surface area contributed by atoms with Crippen molar-refractivity contribution in [2.24, 2.45) is 11.8 Å². The molecule has 0 spiro atoms. The van der Waals surface area contributed by atoms with E-state index in [4.69, 9.17) is 0 Å². The molecule has 0 fully saturated rings. The fourth-order valence-electron chi connectivity index (χ4n) is 1.52. The van der Waals surface area contributed by atoms with Crippen molar-refractivity contribution in [2.75, 3.05) is 32.7 Å². The first-order valence-corrected chi connectivity index (χ1v) is 5.99. The summed E-state index contributed by atoms with van der Waals surface area (Å²) >= 11 is 0. The molecule has 0 aliphatic heterocycles. The number of likely N-dealkylation sites (N-methyl/N-ethyl adjacent to an activating group) is 1. The predicted octanol–water partition coefficient (Wildman–Crippen LogP) is 2.21. The SMILES string of the molecule is CCN(CCNCC(C)C)CC(C)C. The smallest absolute Gasteiger partial charge is 0.0107 e. The van der Waals surface area contributed by atoms with Crippen LogP contribution in [0.5, 0.6) is 0 Å². The van der Waals surface area contributed by atoms with Gasteiger partial charge >= 0.3 is 0 Å². The Morgan fingerprint density at radius 3 is 2.14 bits per heavy atom. The largest absolute Gasteiger partial charge is 0.315 e. The highest BCUT2D eigenvalue weighted by molar-refractivity contribution is 4.60. The highest BCUT2D eigenvalue weighted by Gasteiger charge is 2.03. The minimum absolute atomic E-state index is 0.759. The van der Waals surface area contributed by atoms with E-state index in [1.807, 2.05) is 0 Å². The van der Waals surface area contributed by atoms with Crippen LogP contribution in [0.15, 0.2) is 0 Å². The summed E-state index contributed by atoms with van der Waals surface area (Å²) in [5.41, 5.74) is 0. The third kappa shape index (κ3) is 8.52. The molecule has 0 aliphatic rings. The predicted molar refractivity (Wildman–Crippen MR) is 64.7 cm³/mol. The van der Waals surface area contributed by atoms with Gasteiger partial charge < -0.3 is 10.2 Å². The average molecular weight is 200 g/mol. The first-order valence-electron chi connectivity index (χ1n) is 5.99. The van der Waals surface area contributed by atoms with Crippen LogP contribution in [0.4, 0.5) is 0 Å². The quantitative estimate of drug-likeness (QED) is 0.604. The summed E-state index contributed by atoms with van der Waals surface area (Å²) in [5, 5.41) is 3.48. The second-order valence-corrected chi connectivity index (χ2v) is 4.89. The summed E-state index contributed by atoms with van der Waals surface area (Å²) in [6, 6.07) is 0. The maximum Gasteiger partial charge on any atom is 0.0107 e. The lowest BCUT2D eigenvalue weighted by Gasteiger charge is -2.22. The Bertz CT molecular complexity index is 121. The zero-order chi connectivity index (χ0) is 11.0. The fourth-order valence-corrected chi connectivity index (χ4v) is 1.52. The van der Waals surface area contributed by atoms with E-state index in [0.29, 0.717) is 0 Å². The molecule has 1 N–H and O–H groups in total. The number of nitrogens with zero attached hydrogens (tertiary/aromatic N) is 1. The van der Waals surface area contributed by atoms with Crippen LogP contribution in [0.3, 0.4) is 0 Å². The number of rotatable bonds is 8. The minimum Gasteiger partial charge on any atom is -0.315 e. The fraction of sp³-hybridized carbons (Fsp3) is 1.00. The maximum atomic E-state index is 3.48. The molecule has 0 saturated heterocycles. The lowest BCUT2D eigenvalue weighted by Crippen LogP contribution is -2.35. The molecule has 0 aromatic rings. The minimum atomic E-state index is 0.759. The summed E-state index contributed by atoms with van der Waals surface area (Å²) in [5.74, 6) is 1.54. The van der Waals surface area contributed by atoms with Crippen LogP contribution in [0.1, 0.15) is 34.6 Å². The van der Waals surface area contributed by atoms with E-state index in [2.05, 4.69) is 44.8 Å². The summed E-state index contributed by atoms with van der Waals surface area (Å²) in [7, 11) is 0. The molecule has 0 unspecified atom stereocenters. The third-order valence-electron chi connectivity index (χ3n) is 2.23. The van der Waals surface area contributed by atoms with Crippen molar-refractivity contribution in [3.05, 3.63) is 0 Å². The summed E-state index contributed by atoms with van der Waals surface area (Å²) in [6.45, 7) is 17.1. The molecule has 2 heteroatoms. The Morgan fingerprint density at radius 2 is 1.71 bits per heavy atom. The lowest BCUT2D eigenvalue weighted by atomic mass is 10.2. The van der Waals surface area contributed by atoms with Gasteiger partial charge in [0.15, 0.2) is 0 Å². The van der Waals surface area contributed by atoms with Gasteiger partial charge in [0.05, 0.1) is 0 Å². The second-order valence-electron chi connectivity index (χ2n) is 4.89. The molecule has 0 atom stereocenters. The van der Waals surface area contributed by atoms with Gasteiger partial charge in [-0.3, -0.25) is 0 Å². The van der Waals surface area contributed by atoms with Crippen LogP contribution in [0, 0.1) is 11.8 Å². The third-order valence-corrected chi connectivity index (χ3v) is 2.23. The van der Waals surface area contributed by atoms with Crippen molar-refractivity contribution >= 4 is 0 Å². The number of hydrogen-bond acceptors (Lipinski definition) is 2. The Morgan fingerprint density at radius 1 is 1.07 bits per heavy atom. The van der Waals surface area contributed by atoms with Crippen molar-refractivity contribution in [3.8, 4) is 0 Å². The molecule has 0 radical (unpaired) electrons. The zero-order valence-corrected chi connectivity index (χ0v) is 10.6. The van der Waals surface area contributed by atoms with Crippen LogP contribution >= 0.6 is 0 Å². The van der Waals surface area contributed by atoms with Gasteiger partial charge in [0, 0.05) is 19.6 Å². The van der Waals surface area contributed by atoms with Crippen molar-refractivity contribution in [3.63, 3.8) is 0 Å². The van der Waals surface area contributed by atoms with Gasteiger partial charge in [0.1, 0.15) is 0 Å². The van der Waals surface area contributed by atoms with Crippen molar-refractivity contribution in [2.45, 2.75) is 34.6 Å². The second kappa shape index (κ2) is 8.25. The Balaban J connectivity index is 3.43. The van der Waals surface area contributed by atoms with Crippen molar-refractivity contribution in [1.82, 2.24) is 10.2 Å². The Labute approximate surface area is 90.1 Å². The lowest BCUT2D eigenvalue weighted by molar-refractivity contribution is 0.255. The van der Waals surface area contributed by atoms with Gasteiger partial charge in [-0.2, -0.15) is 0 Å². The van der Waals surface area contributed by atoms with Gasteiger partial charge in [-0.05, 0) is 24.9 Å². The highest BCUT2D eigenvalue weighted by atomic mass is 15.1. The van der Waals surface area contributed by atoms with E-state index in [1.54, 1.807) is 0 Å². The first-order chi connectivity index (χ1) is 6.56. The maximum absolute atomic E-state index is 3.48. The Kier molecular flexibility index (Phi) is 8.20. The highest BCUT2D eigenvalue weighted by Crippen LogP contribution is 1.97. The van der Waals surface area contributed by atoms with Gasteiger partial charge in [-0.1, -0.05) is 34.6 Å². The molecule has 2 nitrogen and oxygen atoms in total. The van der Waals surface area contributed by atoms with E-state index in [-0.39, 0.29) is 0 Å². The molecular formula is C12H28N2. The Hall–Kier alpha value is -0.0800. The summed E-state index contributed by atoms with van der Waals surface area (Å²) < 4.78 is 0. The zero-order valence-electron chi connectivity index (χ0n) is 10.6. The molecule has 14 heavy (non-hydrogen) atoms. The molecule has 0 aromatic heterocycles. The summed E-state index contributed by atoms with van der Waals surface area (Å²) in [6.07, 6.45) is 0. The summed E-state index contributed by atoms with van der Waals surface area (Å²) in [4.78, 5) is 2.51. The molecule has 0 rings (SSSR count). The molecule has 86 valence electrons. The van der Waals surface area contributed by atoms with Crippen LogP contribution in [0.2, 0.25) is 0 Å². The van der Waals surface area contributed by atoms with Gasteiger partial charge in [-0.15, -0.1) is 0 Å². The van der Waals surface area contributed by atoms with E-state index in [9.17, 15) is 0 Å². The first kappa shape index (κ1) is 13.9. The molecule has 0 heterocycles. The molecular weight excluding hydrogens is 172 g/mol. The number of hydrogen-bond donors (Lipinski definition) is 1. The molecule has 0 saturated carbocycles. The van der Waals surface area contributed by atoms with Crippen LogP contribution in [0.25, 0.3) is 0 Å². The normalized spacial score (nSPS) is 12.0. The number of nitrogens with one attached hydrogen (secondary N) is 1. The van der Waals surface area contributed by atoms with Gasteiger partial charge in [0.25, 0.3) is 0 Å². The average Bonchev–Trinajstić information content (AvgIpc) is 2.09. The molecule has 0 aromatic carbocycles. The van der Waals surface area contributed by atoms with E-state index < -0.39 is 0 Å². The van der Waals surface area contributed by atoms with Crippen molar-refractivity contribution in [1.29, 1.82) is 0 Å². The molecule has 0 bridgehead atoms. The van der Waals surface area contributed by atoms with Crippen LogP contribution < -0.4 is 5.32 Å². The topological polar surface area (TPSA) is 15.3 Å². The van der Waals surface area contributed by atoms with Crippen LogP contribution in [-0.4, -0.2) is 37.6 Å². The van der Waals surface area contributed by atoms with Crippen molar-refractivity contribution < 1.29 is 0 Å². The molecule has 0 amide bonds. The van der Waals surface area contributed by atoms with Gasteiger partial charge in [0.2, 0.25) is 0 Å². The van der Waals surface area contributed by atoms with Gasteiger partial charge in [-0.25, -0.2) is 0 Å². The van der Waals surface area contributed by atoms with Crippen LogP contribution in [-0.2, 0) is 0 Å². The van der Waals surface area contributed by atoms with E-state index in [1.165, 1.54) is 19.6 Å². The standard InChI is InChI=1S/C12H28N2/c1-6-14(10-12(4)5)8-7-13-9-11(2)3/h11-13H,6-10H2,1-5H3.